The molecular weight excluding hydrogens is 655 g/mol. The number of unbranched alkanes of at least 4 members (excludes halogenated alkanes) is 1. The van der Waals surface area contributed by atoms with Crippen molar-refractivity contribution < 1.29 is 14.2 Å². The molecule has 0 aliphatic heterocycles. The van der Waals surface area contributed by atoms with E-state index < -0.39 is 6.15 Å². The normalized spacial score (nSPS) is 11.0. The lowest BCUT2D eigenvalue weighted by Crippen LogP contribution is -2.66. The van der Waals surface area contributed by atoms with Crippen LogP contribution in [0, 0.1) is 0 Å². The van der Waals surface area contributed by atoms with Gasteiger partial charge in [0.15, 0.2) is 9.79 Å². The number of hydrogen-bond acceptors (Lipinski definition) is 3. The van der Waals surface area contributed by atoms with Crippen molar-refractivity contribution in [3.8, 4) is 17.2 Å². The summed E-state index contributed by atoms with van der Waals surface area (Å²) in [7, 11) is 5.17. The van der Waals surface area contributed by atoms with Crippen molar-refractivity contribution in [2.75, 3.05) is 21.3 Å². The number of rotatable bonds is 13. The molecule has 0 N–H and O–H groups in total. The highest BCUT2D eigenvalue weighted by atomic mass is 35.5. The maximum atomic E-state index is 5.98. The van der Waals surface area contributed by atoms with Crippen molar-refractivity contribution in [1.82, 2.24) is 0 Å². The van der Waals surface area contributed by atoms with Crippen LogP contribution in [0.25, 0.3) is 0 Å². The predicted molar refractivity (Wildman–Crippen MR) is 215 cm³/mol. The van der Waals surface area contributed by atoms with E-state index >= 15 is 0 Å². The van der Waals surface area contributed by atoms with E-state index in [9.17, 15) is 0 Å². The Morgan fingerprint density at radius 2 is 0.880 bits per heavy atom. The number of halogens is 1. The molecule has 0 heterocycles. The van der Waals surface area contributed by atoms with Crippen LogP contribution in [-0.4, -0.2) is 27.5 Å². The molecule has 6 rings (SSSR count). The second kappa shape index (κ2) is 18.4. The molecule has 0 saturated carbocycles. The Balaban J connectivity index is 0.000000204. The maximum absolute atomic E-state index is 5.98. The van der Waals surface area contributed by atoms with E-state index in [-0.39, 0.29) is 10.9 Å². The minimum atomic E-state index is -1.14. The zero-order valence-corrected chi connectivity index (χ0v) is 31.0. The zero-order valence-electron chi connectivity index (χ0n) is 29.4. The van der Waals surface area contributed by atoms with Crippen LogP contribution in [0.5, 0.6) is 17.2 Å². The quantitative estimate of drug-likeness (QED) is 0.0888. The highest BCUT2D eigenvalue weighted by Gasteiger charge is 2.30. The highest BCUT2D eigenvalue weighted by molar-refractivity contribution is 7.96. The summed E-state index contributed by atoms with van der Waals surface area (Å²) in [6.45, 7) is 2.25. The van der Waals surface area contributed by atoms with E-state index in [1.807, 2.05) is 12.1 Å². The molecule has 6 aromatic rings. The first kappa shape index (κ1) is 36.7. The fourth-order valence-corrected chi connectivity index (χ4v) is 8.83. The lowest BCUT2D eigenvalue weighted by atomic mass is 9.14. The average Bonchev–Trinajstić information content (AvgIpc) is 3.19. The molecule has 6 aromatic carbocycles. The maximum Gasteiger partial charge on any atom is 0.161 e. The molecule has 0 aliphatic rings. The van der Waals surface area contributed by atoms with Crippen molar-refractivity contribution in [1.29, 1.82) is 0 Å². The van der Waals surface area contributed by atoms with Gasteiger partial charge >= 0.3 is 0 Å². The lowest BCUT2D eigenvalue weighted by molar-refractivity contribution is 0.415. The van der Waals surface area contributed by atoms with E-state index in [0.29, 0.717) is 0 Å². The third kappa shape index (κ3) is 9.15. The summed E-state index contributed by atoms with van der Waals surface area (Å²) in [5.74, 6) is 3.63. The van der Waals surface area contributed by atoms with Gasteiger partial charge in [-0.25, -0.2) is 0 Å². The molecule has 0 atom stereocenters. The molecule has 50 heavy (non-hydrogen) atoms. The van der Waals surface area contributed by atoms with Crippen LogP contribution < -0.4 is 30.6 Å². The average molecular weight is 701 g/mol. The van der Waals surface area contributed by atoms with Crippen LogP contribution in [-0.2, 0) is 16.6 Å². The Labute approximate surface area is 306 Å². The van der Waals surface area contributed by atoms with Crippen molar-refractivity contribution in [3.05, 3.63) is 168 Å². The molecule has 256 valence electrons. The van der Waals surface area contributed by atoms with Crippen LogP contribution in [0.3, 0.4) is 0 Å². The van der Waals surface area contributed by atoms with Crippen LogP contribution in [0.15, 0.2) is 168 Å². The zero-order chi connectivity index (χ0) is 35.2. The van der Waals surface area contributed by atoms with Gasteiger partial charge in [0.25, 0.3) is 0 Å². The first-order valence-corrected chi connectivity index (χ1v) is 18.9. The Bertz CT molecular complexity index is 1690. The molecule has 3 nitrogen and oxygen atoms in total. The first-order chi connectivity index (χ1) is 24.5. The largest absolute Gasteiger partial charge is 0.497 e. The molecule has 0 amide bonds. The van der Waals surface area contributed by atoms with Crippen molar-refractivity contribution >= 4 is 45.0 Å². The summed E-state index contributed by atoms with van der Waals surface area (Å²) in [6, 6.07) is 55.2. The second-order valence-electron chi connectivity index (χ2n) is 12.3. The van der Waals surface area contributed by atoms with Gasteiger partial charge in [-0.05, 0) is 72.8 Å². The minimum Gasteiger partial charge on any atom is -0.497 e. The van der Waals surface area contributed by atoms with E-state index in [1.54, 1.807) is 21.3 Å². The molecule has 0 radical (unpaired) electrons. The monoisotopic (exact) mass is 700 g/mol. The third-order valence-corrected chi connectivity index (χ3v) is 11.9. The number of hydrogen-bond donors (Lipinski definition) is 0. The van der Waals surface area contributed by atoms with Crippen LogP contribution in [0.2, 0.25) is 11.3 Å². The third-order valence-electron chi connectivity index (χ3n) is 9.32. The van der Waals surface area contributed by atoms with Gasteiger partial charge in [0, 0.05) is 10.6 Å². The molecule has 6 heteroatoms. The Kier molecular flexibility index (Phi) is 13.5. The predicted octanol–water partition coefficient (Wildman–Crippen LogP) is 9.56. The van der Waals surface area contributed by atoms with Crippen LogP contribution >= 0.6 is 11.6 Å². The van der Waals surface area contributed by atoms with Crippen LogP contribution in [0.4, 0.5) is 0 Å². The second-order valence-corrected chi connectivity index (χ2v) is 14.7. The molecular formula is C44H46BClO3S. The topological polar surface area (TPSA) is 27.7 Å². The molecule has 0 aliphatic carbocycles. The molecule has 0 fully saturated rings. The summed E-state index contributed by atoms with van der Waals surface area (Å²) in [6.07, 6.45) is 2.22. The summed E-state index contributed by atoms with van der Waals surface area (Å²) in [4.78, 5) is 2.75. The van der Waals surface area contributed by atoms with E-state index in [2.05, 4.69) is 153 Å². The summed E-state index contributed by atoms with van der Waals surface area (Å²) >= 11 is 5.98. The van der Waals surface area contributed by atoms with E-state index in [0.717, 1.165) is 47.2 Å². The Morgan fingerprint density at radius 1 is 0.500 bits per heavy atom. The Morgan fingerprint density at radius 3 is 1.22 bits per heavy atom. The SMILES string of the molecule is CCCC[B-](c1ccc(OC)cc1)(c1ccc(OC)cc1)c1ccc(OC)cc1.Clc1ccc(C[S+](c2ccccc2)c2ccccc2)cc1. The van der Waals surface area contributed by atoms with Gasteiger partial charge in [-0.3, -0.25) is 0 Å². The molecule has 0 unspecified atom stereocenters. The molecule has 0 saturated heterocycles. The van der Waals surface area contributed by atoms with Gasteiger partial charge in [0.2, 0.25) is 0 Å². The summed E-state index contributed by atoms with van der Waals surface area (Å²) in [5.41, 5.74) is 5.26. The van der Waals surface area contributed by atoms with Gasteiger partial charge in [0.05, 0.1) is 38.4 Å². The number of benzene rings is 6. The fraction of sp³-hybridized carbons (Fsp3) is 0.182. The highest BCUT2D eigenvalue weighted by Crippen LogP contribution is 2.27. The molecule has 0 aromatic heterocycles. The summed E-state index contributed by atoms with van der Waals surface area (Å²) < 4.78 is 16.2. The van der Waals surface area contributed by atoms with Crippen molar-refractivity contribution in [2.24, 2.45) is 0 Å². The van der Waals surface area contributed by atoms with Crippen LogP contribution in [0.1, 0.15) is 25.3 Å². The standard InChI is InChI=1S/C25H30BO3.C19H16ClS/c1-5-6-19-26(20-7-13-23(27-2)14-8-20,21-9-15-24(28-3)16-10-21)22-11-17-25(29-4)18-12-22;20-17-13-11-16(12-14-17)15-21(18-7-3-1-4-8-18)19-9-5-2-6-10-19/h7-18H,5-6,19H2,1-4H3;1-14H,15H2/q-1;+1. The number of methoxy groups -OCH3 is 3. The van der Waals surface area contributed by atoms with Gasteiger partial charge in [0.1, 0.15) is 23.0 Å². The smallest absolute Gasteiger partial charge is 0.161 e. The first-order valence-electron chi connectivity index (χ1n) is 17.2. The lowest BCUT2D eigenvalue weighted by Gasteiger charge is -2.43. The van der Waals surface area contributed by atoms with Gasteiger partial charge < -0.3 is 14.2 Å². The van der Waals surface area contributed by atoms with E-state index in [1.165, 1.54) is 31.7 Å². The van der Waals surface area contributed by atoms with Gasteiger partial charge in [-0.15, -0.1) is 0 Å². The Hall–Kier alpha value is -4.58. The molecule has 0 spiro atoms. The van der Waals surface area contributed by atoms with Crippen molar-refractivity contribution in [2.45, 2.75) is 41.6 Å². The fourth-order valence-electron chi connectivity index (χ4n) is 6.60. The van der Waals surface area contributed by atoms with Crippen molar-refractivity contribution in [3.63, 3.8) is 0 Å². The van der Waals surface area contributed by atoms with Gasteiger partial charge in [-0.1, -0.05) is 116 Å². The molecule has 0 bridgehead atoms. The minimum absolute atomic E-state index is 0.0481. The summed E-state index contributed by atoms with van der Waals surface area (Å²) in [5, 5.41) is 0.790. The van der Waals surface area contributed by atoms with E-state index in [4.69, 9.17) is 25.8 Å². The van der Waals surface area contributed by atoms with Gasteiger partial charge in [-0.2, -0.15) is 22.7 Å². The number of ether oxygens (including phenoxy) is 3.